The molecule has 0 aliphatic rings. The van der Waals surface area contributed by atoms with E-state index in [1.807, 2.05) is 29.9 Å². The summed E-state index contributed by atoms with van der Waals surface area (Å²) in [6.45, 7) is 3.33. The highest BCUT2D eigenvalue weighted by atomic mass is 15.3. The minimum absolute atomic E-state index is 0.605. The number of aromatic nitrogens is 3. The van der Waals surface area contributed by atoms with Crippen molar-refractivity contribution in [2.45, 2.75) is 13.5 Å². The van der Waals surface area contributed by atoms with Crippen molar-refractivity contribution in [3.8, 4) is 6.07 Å². The Morgan fingerprint density at radius 3 is 3.06 bits per heavy atom. The molecule has 5 nitrogen and oxygen atoms in total. The highest BCUT2D eigenvalue weighted by molar-refractivity contribution is 5.55. The second-order valence-electron chi connectivity index (χ2n) is 3.66. The van der Waals surface area contributed by atoms with Gasteiger partial charge in [0, 0.05) is 25.1 Å². The third kappa shape index (κ3) is 2.61. The molecule has 86 valence electrons. The first-order chi connectivity index (χ1) is 8.31. The lowest BCUT2D eigenvalue weighted by atomic mass is 10.1. The quantitative estimate of drug-likeness (QED) is 0.861. The minimum Gasteiger partial charge on any atom is -0.367 e. The van der Waals surface area contributed by atoms with E-state index in [9.17, 15) is 0 Å². The summed E-state index contributed by atoms with van der Waals surface area (Å²) in [5, 5.41) is 16.3. The van der Waals surface area contributed by atoms with E-state index in [1.54, 1.807) is 12.4 Å². The van der Waals surface area contributed by atoms with Gasteiger partial charge in [0.05, 0.1) is 12.1 Å². The third-order valence-electron chi connectivity index (χ3n) is 2.46. The van der Waals surface area contributed by atoms with Crippen LogP contribution in [0.2, 0.25) is 0 Å². The maximum atomic E-state index is 9.04. The van der Waals surface area contributed by atoms with E-state index in [-0.39, 0.29) is 0 Å². The topological polar surface area (TPSA) is 66.5 Å². The predicted octanol–water partition coefficient (Wildman–Crippen LogP) is 1.57. The van der Waals surface area contributed by atoms with Crippen LogP contribution < -0.4 is 5.32 Å². The number of nitriles is 1. The molecule has 2 aromatic rings. The summed E-state index contributed by atoms with van der Waals surface area (Å²) >= 11 is 0. The van der Waals surface area contributed by atoms with Gasteiger partial charge in [-0.2, -0.15) is 10.4 Å². The molecular formula is C12H13N5. The van der Waals surface area contributed by atoms with Crippen molar-refractivity contribution < 1.29 is 0 Å². The maximum absolute atomic E-state index is 9.04. The average molecular weight is 227 g/mol. The molecule has 0 fully saturated rings. The first-order valence-corrected chi connectivity index (χ1v) is 5.38. The van der Waals surface area contributed by atoms with E-state index in [0.717, 1.165) is 12.1 Å². The largest absolute Gasteiger partial charge is 0.367 e. The fourth-order valence-electron chi connectivity index (χ4n) is 1.55. The Morgan fingerprint density at radius 2 is 2.35 bits per heavy atom. The van der Waals surface area contributed by atoms with Crippen molar-refractivity contribution in [2.24, 2.45) is 0 Å². The van der Waals surface area contributed by atoms with Crippen LogP contribution in [0.15, 0.2) is 30.7 Å². The van der Waals surface area contributed by atoms with Gasteiger partial charge in [-0.1, -0.05) is 0 Å². The molecule has 2 heterocycles. The van der Waals surface area contributed by atoms with Crippen LogP contribution in [-0.2, 0) is 6.54 Å². The first kappa shape index (κ1) is 11.1. The highest BCUT2D eigenvalue weighted by Gasteiger charge is 2.05. The molecule has 0 bridgehead atoms. The normalized spacial score (nSPS) is 9.88. The van der Waals surface area contributed by atoms with Crippen molar-refractivity contribution in [1.82, 2.24) is 14.8 Å². The molecule has 0 aliphatic carbocycles. The monoisotopic (exact) mass is 227 g/mol. The third-order valence-corrected chi connectivity index (χ3v) is 2.46. The van der Waals surface area contributed by atoms with Gasteiger partial charge in [-0.15, -0.1) is 0 Å². The number of rotatable bonds is 4. The molecule has 0 aliphatic heterocycles. The lowest BCUT2D eigenvalue weighted by Crippen LogP contribution is -2.12. The van der Waals surface area contributed by atoms with Crippen LogP contribution >= 0.6 is 0 Å². The molecule has 0 radical (unpaired) electrons. The molecular weight excluding hydrogens is 214 g/mol. The number of pyridine rings is 1. The Morgan fingerprint density at radius 1 is 1.47 bits per heavy atom. The summed E-state index contributed by atoms with van der Waals surface area (Å²) in [5.74, 6) is 0.639. The molecule has 0 amide bonds. The van der Waals surface area contributed by atoms with Gasteiger partial charge in [0.25, 0.3) is 0 Å². The highest BCUT2D eigenvalue weighted by Crippen LogP contribution is 2.14. The maximum Gasteiger partial charge on any atom is 0.144 e. The smallest absolute Gasteiger partial charge is 0.144 e. The number of hydrogen-bond donors (Lipinski definition) is 1. The molecule has 0 saturated carbocycles. The van der Waals surface area contributed by atoms with Gasteiger partial charge in [0.2, 0.25) is 0 Å². The second kappa shape index (κ2) is 5.12. The molecule has 0 atom stereocenters. The number of hydrogen-bond acceptors (Lipinski definition) is 4. The Kier molecular flexibility index (Phi) is 3.36. The summed E-state index contributed by atoms with van der Waals surface area (Å²) in [5.41, 5.74) is 1.54. The average Bonchev–Trinajstić information content (AvgIpc) is 2.82. The van der Waals surface area contributed by atoms with E-state index in [1.165, 1.54) is 0 Å². The number of anilines is 1. The van der Waals surface area contributed by atoms with Crippen LogP contribution in [0.3, 0.4) is 0 Å². The van der Waals surface area contributed by atoms with Gasteiger partial charge >= 0.3 is 0 Å². The number of nitrogens with zero attached hydrogens (tertiary/aromatic N) is 4. The van der Waals surface area contributed by atoms with E-state index >= 15 is 0 Å². The van der Waals surface area contributed by atoms with Crippen LogP contribution in [0, 0.1) is 18.3 Å². The van der Waals surface area contributed by atoms with Crippen LogP contribution in [-0.4, -0.2) is 21.3 Å². The second-order valence-corrected chi connectivity index (χ2v) is 3.66. The van der Waals surface area contributed by atoms with Crippen LogP contribution in [0.1, 0.15) is 11.1 Å². The molecule has 0 spiro atoms. The summed E-state index contributed by atoms with van der Waals surface area (Å²) in [6.07, 6.45) is 5.34. The van der Waals surface area contributed by atoms with Gasteiger partial charge < -0.3 is 5.32 Å². The van der Waals surface area contributed by atoms with Crippen LogP contribution in [0.5, 0.6) is 0 Å². The number of nitrogens with one attached hydrogen (secondary N) is 1. The Bertz CT molecular complexity index is 524. The summed E-state index contributed by atoms with van der Waals surface area (Å²) in [6, 6.07) is 5.87. The molecule has 2 rings (SSSR count). The Labute approximate surface area is 99.7 Å². The van der Waals surface area contributed by atoms with Gasteiger partial charge in [0.15, 0.2) is 0 Å². The van der Waals surface area contributed by atoms with Crippen molar-refractivity contribution in [2.75, 3.05) is 11.9 Å². The zero-order valence-electron chi connectivity index (χ0n) is 9.59. The van der Waals surface area contributed by atoms with Crippen LogP contribution in [0.4, 0.5) is 5.82 Å². The fourth-order valence-corrected chi connectivity index (χ4v) is 1.55. The minimum atomic E-state index is 0.605. The van der Waals surface area contributed by atoms with Gasteiger partial charge in [-0.25, -0.2) is 4.98 Å². The molecule has 2 aromatic heterocycles. The predicted molar refractivity (Wildman–Crippen MR) is 64.4 cm³/mol. The molecule has 0 unspecified atom stereocenters. The Balaban J connectivity index is 2.00. The van der Waals surface area contributed by atoms with Crippen molar-refractivity contribution >= 4 is 5.82 Å². The molecule has 5 heteroatoms. The molecule has 1 N–H and O–H groups in total. The fraction of sp³-hybridized carbons (Fsp3) is 0.250. The zero-order chi connectivity index (χ0) is 12.1. The first-order valence-electron chi connectivity index (χ1n) is 5.38. The van der Waals surface area contributed by atoms with E-state index < -0.39 is 0 Å². The van der Waals surface area contributed by atoms with Crippen LogP contribution in [0.25, 0.3) is 0 Å². The zero-order valence-corrected chi connectivity index (χ0v) is 9.59. The SMILES string of the molecule is Cc1ccnc(NCCn2cccn2)c1C#N. The lowest BCUT2D eigenvalue weighted by molar-refractivity contribution is 0.637. The standard InChI is InChI=1S/C12H13N5/c1-10-3-5-14-12(11(10)9-13)15-6-8-17-7-2-4-16-17/h2-5,7H,6,8H2,1H3,(H,14,15). The molecule has 0 aromatic carbocycles. The van der Waals surface area contributed by atoms with Gasteiger partial charge in [-0.3, -0.25) is 4.68 Å². The molecule has 17 heavy (non-hydrogen) atoms. The van der Waals surface area contributed by atoms with Crippen molar-refractivity contribution in [3.05, 3.63) is 41.9 Å². The summed E-state index contributed by atoms with van der Waals surface area (Å²) < 4.78 is 1.83. The number of aryl methyl sites for hydroxylation is 1. The van der Waals surface area contributed by atoms with Crippen molar-refractivity contribution in [1.29, 1.82) is 5.26 Å². The van der Waals surface area contributed by atoms with Gasteiger partial charge in [0.1, 0.15) is 11.9 Å². The summed E-state index contributed by atoms with van der Waals surface area (Å²) in [4.78, 5) is 4.17. The van der Waals surface area contributed by atoms with E-state index in [0.29, 0.717) is 17.9 Å². The van der Waals surface area contributed by atoms with Gasteiger partial charge in [-0.05, 0) is 24.6 Å². The van der Waals surface area contributed by atoms with E-state index in [2.05, 4.69) is 21.5 Å². The van der Waals surface area contributed by atoms with E-state index in [4.69, 9.17) is 5.26 Å². The summed E-state index contributed by atoms with van der Waals surface area (Å²) in [7, 11) is 0. The Hall–Kier alpha value is -2.35. The van der Waals surface area contributed by atoms with Crippen molar-refractivity contribution in [3.63, 3.8) is 0 Å². The molecule has 0 saturated heterocycles. The lowest BCUT2D eigenvalue weighted by Gasteiger charge is -2.08.